The van der Waals surface area contributed by atoms with Gasteiger partial charge in [-0.3, -0.25) is 0 Å². The summed E-state index contributed by atoms with van der Waals surface area (Å²) in [7, 11) is 0. The first-order chi connectivity index (χ1) is 4.93. The van der Waals surface area contributed by atoms with Crippen LogP contribution in [0.3, 0.4) is 0 Å². The first kappa shape index (κ1) is 11.2. The van der Waals surface area contributed by atoms with Crippen LogP contribution in [0.15, 0.2) is 0 Å². The van der Waals surface area contributed by atoms with Crippen molar-refractivity contribution in [2.45, 2.75) is 32.4 Å². The highest BCUT2D eigenvalue weighted by molar-refractivity contribution is 7.77. The molecule has 0 rings (SSSR count). The molecule has 3 nitrogen and oxygen atoms in total. The van der Waals surface area contributed by atoms with Gasteiger partial charge in [-0.05, 0) is 20.8 Å². The lowest BCUT2D eigenvalue weighted by molar-refractivity contribution is 0.0897. The van der Waals surface area contributed by atoms with Crippen molar-refractivity contribution >= 4 is 12.8 Å². The number of hydrogen-bond acceptors (Lipinski definition) is 4. The summed E-state index contributed by atoms with van der Waals surface area (Å²) in [6, 6.07) is -0.279. The molecule has 0 aliphatic heterocycles. The summed E-state index contributed by atoms with van der Waals surface area (Å²) in [5.74, 6) is 0. The van der Waals surface area contributed by atoms with Crippen LogP contribution in [0, 0.1) is 0 Å². The third kappa shape index (κ3) is 3.42. The van der Waals surface area contributed by atoms with Crippen LogP contribution in [0.2, 0.25) is 0 Å². The lowest BCUT2D eigenvalue weighted by Crippen LogP contribution is -2.45. The van der Waals surface area contributed by atoms with E-state index in [-0.39, 0.29) is 24.8 Å². The molecule has 0 bridgehead atoms. The number of hydrogen-bond donors (Lipinski definition) is 3. The second kappa shape index (κ2) is 4.30. The van der Waals surface area contributed by atoms with Crippen molar-refractivity contribution in [3.8, 4) is 0 Å². The highest BCUT2D eigenvalue weighted by atomic mass is 32.1. The minimum atomic E-state index is -0.279. The average Bonchev–Trinajstić information content (AvgIpc) is 1.88. The smallest absolute Gasteiger partial charge is 0.0668 e. The first-order valence-electron chi connectivity index (χ1n) is 3.63. The van der Waals surface area contributed by atoms with Crippen molar-refractivity contribution in [1.82, 2.24) is 4.31 Å². The van der Waals surface area contributed by atoms with E-state index in [9.17, 15) is 0 Å². The zero-order chi connectivity index (χ0) is 9.07. The van der Waals surface area contributed by atoms with Gasteiger partial charge in [0.2, 0.25) is 0 Å². The molecule has 0 heterocycles. The molecule has 4 heteroatoms. The highest BCUT2D eigenvalue weighted by Gasteiger charge is 2.24. The Morgan fingerprint density at radius 1 is 1.27 bits per heavy atom. The summed E-state index contributed by atoms with van der Waals surface area (Å²) >= 11 is 4.18. The van der Waals surface area contributed by atoms with Gasteiger partial charge in [0, 0.05) is 5.54 Å². The molecule has 0 amide bonds. The third-order valence-corrected chi connectivity index (χ3v) is 2.38. The summed E-state index contributed by atoms with van der Waals surface area (Å²) in [4.78, 5) is 0. The van der Waals surface area contributed by atoms with Gasteiger partial charge in [0.05, 0.1) is 19.3 Å². The molecule has 0 radical (unpaired) electrons. The number of thiol groups is 1. The van der Waals surface area contributed by atoms with Gasteiger partial charge in [-0.15, -0.1) is 0 Å². The fraction of sp³-hybridized carbons (Fsp3) is 1.00. The lowest BCUT2D eigenvalue weighted by Gasteiger charge is -2.35. The summed E-state index contributed by atoms with van der Waals surface area (Å²) in [6.45, 7) is 5.77. The predicted molar refractivity (Wildman–Crippen MR) is 48.5 cm³/mol. The molecule has 0 aromatic heterocycles. The monoisotopic (exact) mass is 179 g/mol. The quantitative estimate of drug-likeness (QED) is 0.545. The van der Waals surface area contributed by atoms with Gasteiger partial charge in [0.1, 0.15) is 0 Å². The Morgan fingerprint density at radius 2 is 1.64 bits per heavy atom. The molecule has 0 saturated heterocycles. The lowest BCUT2D eigenvalue weighted by atomic mass is 10.1. The maximum Gasteiger partial charge on any atom is 0.0668 e. The van der Waals surface area contributed by atoms with E-state index in [1.807, 2.05) is 20.8 Å². The third-order valence-electron chi connectivity index (χ3n) is 1.45. The molecule has 11 heavy (non-hydrogen) atoms. The molecule has 0 aromatic rings. The number of rotatable bonds is 3. The second-order valence-electron chi connectivity index (χ2n) is 3.53. The van der Waals surface area contributed by atoms with Crippen molar-refractivity contribution in [3.05, 3.63) is 0 Å². The summed E-state index contributed by atoms with van der Waals surface area (Å²) in [6.07, 6.45) is 0. The van der Waals surface area contributed by atoms with Crippen molar-refractivity contribution in [1.29, 1.82) is 0 Å². The Bertz CT molecular complexity index is 109. The van der Waals surface area contributed by atoms with E-state index in [1.165, 1.54) is 0 Å². The molecule has 0 unspecified atom stereocenters. The van der Waals surface area contributed by atoms with Crippen LogP contribution in [0.1, 0.15) is 20.8 Å². The van der Waals surface area contributed by atoms with Gasteiger partial charge in [0.25, 0.3) is 0 Å². The summed E-state index contributed by atoms with van der Waals surface area (Å²) in [5.41, 5.74) is -0.140. The maximum atomic E-state index is 8.81. The number of aliphatic hydroxyl groups is 2. The molecule has 0 aromatic carbocycles. The molecule has 2 N–H and O–H groups in total. The standard InChI is InChI=1S/C7H17NO2S/c1-7(2,3)8(11)6(4-9)5-10/h6,9-11H,4-5H2,1-3H3. The number of nitrogens with zero attached hydrogens (tertiary/aromatic N) is 1. The van der Waals surface area contributed by atoms with Crippen molar-refractivity contribution < 1.29 is 10.2 Å². The van der Waals surface area contributed by atoms with Crippen molar-refractivity contribution in [2.75, 3.05) is 13.2 Å². The molecule has 0 fully saturated rings. The first-order valence-corrected chi connectivity index (χ1v) is 4.03. The normalized spacial score (nSPS) is 13.1. The predicted octanol–water partition coefficient (Wildman–Crippen LogP) is 0.285. The number of aliphatic hydroxyl groups excluding tert-OH is 2. The van der Waals surface area contributed by atoms with Crippen LogP contribution in [-0.4, -0.2) is 39.3 Å². The summed E-state index contributed by atoms with van der Waals surface area (Å²) < 4.78 is 1.66. The highest BCUT2D eigenvalue weighted by Crippen LogP contribution is 2.18. The van der Waals surface area contributed by atoms with Gasteiger partial charge in [0.15, 0.2) is 0 Å². The van der Waals surface area contributed by atoms with Gasteiger partial charge < -0.3 is 10.2 Å². The van der Waals surface area contributed by atoms with Gasteiger partial charge in [-0.1, -0.05) is 12.8 Å². The van der Waals surface area contributed by atoms with Gasteiger partial charge >= 0.3 is 0 Å². The molecule has 0 saturated carbocycles. The van der Waals surface area contributed by atoms with E-state index in [1.54, 1.807) is 4.31 Å². The van der Waals surface area contributed by atoms with Crippen LogP contribution in [0.5, 0.6) is 0 Å². The zero-order valence-corrected chi connectivity index (χ0v) is 8.17. The van der Waals surface area contributed by atoms with Crippen LogP contribution in [0.4, 0.5) is 0 Å². The molecule has 0 atom stereocenters. The topological polar surface area (TPSA) is 43.7 Å². The van der Waals surface area contributed by atoms with Crippen LogP contribution in [0.25, 0.3) is 0 Å². The van der Waals surface area contributed by atoms with Crippen molar-refractivity contribution in [2.24, 2.45) is 0 Å². The van der Waals surface area contributed by atoms with Gasteiger partial charge in [-0.25, -0.2) is 4.31 Å². The van der Waals surface area contributed by atoms with E-state index < -0.39 is 0 Å². The van der Waals surface area contributed by atoms with E-state index >= 15 is 0 Å². The van der Waals surface area contributed by atoms with Gasteiger partial charge in [-0.2, -0.15) is 0 Å². The Hall–Kier alpha value is 0.230. The molecule has 0 spiro atoms. The molecular weight excluding hydrogens is 162 g/mol. The average molecular weight is 179 g/mol. The minimum Gasteiger partial charge on any atom is -0.395 e. The van der Waals surface area contributed by atoms with Crippen LogP contribution >= 0.6 is 12.8 Å². The summed E-state index contributed by atoms with van der Waals surface area (Å²) in [5, 5.41) is 17.6. The second-order valence-corrected chi connectivity index (χ2v) is 3.97. The Kier molecular flexibility index (Phi) is 4.39. The van der Waals surface area contributed by atoms with E-state index in [0.717, 1.165) is 0 Å². The fourth-order valence-corrected chi connectivity index (χ4v) is 0.906. The Labute approximate surface area is 73.6 Å². The van der Waals surface area contributed by atoms with E-state index in [4.69, 9.17) is 10.2 Å². The Balaban J connectivity index is 4.09. The maximum absolute atomic E-state index is 8.81. The zero-order valence-electron chi connectivity index (χ0n) is 7.28. The van der Waals surface area contributed by atoms with Crippen LogP contribution < -0.4 is 0 Å². The molecule has 0 aliphatic rings. The Morgan fingerprint density at radius 3 is 1.73 bits per heavy atom. The molecular formula is C7H17NO2S. The molecule has 68 valence electrons. The SMILES string of the molecule is CC(C)(C)N(S)C(CO)CO. The van der Waals surface area contributed by atoms with Crippen LogP contribution in [-0.2, 0) is 0 Å². The minimum absolute atomic E-state index is 0.0722. The molecule has 0 aliphatic carbocycles. The van der Waals surface area contributed by atoms with E-state index in [2.05, 4.69) is 12.8 Å². The van der Waals surface area contributed by atoms with E-state index in [0.29, 0.717) is 0 Å². The van der Waals surface area contributed by atoms with Crippen molar-refractivity contribution in [3.63, 3.8) is 0 Å². The fourth-order valence-electron chi connectivity index (χ4n) is 0.760. The largest absolute Gasteiger partial charge is 0.395 e.